The Morgan fingerprint density at radius 1 is 0.485 bits per heavy atom. The Hall–Kier alpha value is -8.28. The van der Waals surface area contributed by atoms with Gasteiger partial charge in [0.25, 0.3) is 0 Å². The molecule has 2 unspecified atom stereocenters. The van der Waals surface area contributed by atoms with E-state index in [9.17, 15) is 0 Å². The standard InChI is InChI=1S/C61H41N3O2/c1-36-28-31-51(62-61(63-58(36)45-23-12-18-37-14-4-6-19-42(37)45)48-24-13-27-56-57(48)47-22-9-11-26-55(47)65-56)41-33-50-46-30-29-38-15-5-7-20-43(38)59(46)66-60(50)54(35-41)64-52-25-10-8-21-44(52)49-32-39-16-2-3-17-40(39)34-53(49)64/h2-27,29-30,32-36,58H,28,31H2,1H3/b62-51+,63-61-. The molecule has 5 nitrogen and oxygen atoms in total. The Labute approximate surface area is 379 Å². The van der Waals surface area contributed by atoms with E-state index in [0.717, 1.165) is 101 Å². The van der Waals surface area contributed by atoms with Crippen molar-refractivity contribution in [3.05, 3.63) is 211 Å². The Kier molecular flexibility index (Phi) is 8.08. The van der Waals surface area contributed by atoms with Gasteiger partial charge >= 0.3 is 0 Å². The summed E-state index contributed by atoms with van der Waals surface area (Å²) in [5.74, 6) is 0.909. The number of aliphatic imine (C=N–C) groups is 2. The van der Waals surface area contributed by atoms with Crippen LogP contribution in [0.2, 0.25) is 0 Å². The second kappa shape index (κ2) is 14.4. The largest absolute Gasteiger partial charge is 0.456 e. The molecule has 0 N–H and O–H groups in total. The lowest BCUT2D eigenvalue weighted by Gasteiger charge is -2.26. The zero-order valence-corrected chi connectivity index (χ0v) is 36.2. The molecule has 0 radical (unpaired) electrons. The van der Waals surface area contributed by atoms with Gasteiger partial charge in [-0.05, 0) is 105 Å². The van der Waals surface area contributed by atoms with E-state index in [1.807, 2.05) is 12.1 Å². The Morgan fingerprint density at radius 2 is 1.17 bits per heavy atom. The van der Waals surface area contributed by atoms with Crippen LogP contribution in [0, 0.1) is 5.92 Å². The molecule has 0 spiro atoms. The second-order valence-corrected chi connectivity index (χ2v) is 18.0. The number of hydrogen-bond acceptors (Lipinski definition) is 4. The number of aromatic nitrogens is 1. The molecule has 2 atom stereocenters. The highest BCUT2D eigenvalue weighted by Gasteiger charge is 2.28. The van der Waals surface area contributed by atoms with Gasteiger partial charge in [0.2, 0.25) is 0 Å². The zero-order valence-electron chi connectivity index (χ0n) is 36.2. The van der Waals surface area contributed by atoms with Gasteiger partial charge in [0.05, 0.1) is 28.5 Å². The molecule has 1 aliphatic heterocycles. The highest BCUT2D eigenvalue weighted by molar-refractivity contribution is 6.24. The van der Waals surface area contributed by atoms with Crippen LogP contribution in [0.3, 0.4) is 0 Å². The van der Waals surface area contributed by atoms with Crippen molar-refractivity contribution in [1.82, 2.24) is 4.57 Å². The highest BCUT2D eigenvalue weighted by Crippen LogP contribution is 2.43. The minimum absolute atomic E-state index is 0.124. The summed E-state index contributed by atoms with van der Waals surface area (Å²) in [7, 11) is 0. The van der Waals surface area contributed by atoms with Crippen molar-refractivity contribution in [1.29, 1.82) is 0 Å². The Morgan fingerprint density at radius 3 is 2.03 bits per heavy atom. The van der Waals surface area contributed by atoms with Gasteiger partial charge in [0.1, 0.15) is 16.7 Å². The molecule has 1 aliphatic rings. The first-order valence-corrected chi connectivity index (χ1v) is 23.0. The minimum atomic E-state index is -0.124. The van der Waals surface area contributed by atoms with Crippen molar-refractivity contribution in [2.75, 3.05) is 0 Å². The van der Waals surface area contributed by atoms with Gasteiger partial charge in [0, 0.05) is 43.3 Å². The van der Waals surface area contributed by atoms with Gasteiger partial charge in [-0.3, -0.25) is 4.99 Å². The van der Waals surface area contributed by atoms with Crippen LogP contribution in [-0.2, 0) is 0 Å². The van der Waals surface area contributed by atoms with Crippen LogP contribution in [0.25, 0.3) is 104 Å². The average molecular weight is 848 g/mol. The van der Waals surface area contributed by atoms with Crippen LogP contribution >= 0.6 is 0 Å². The SMILES string of the molecule is CC1CC/C(c2cc(-n3c4ccccc4c4cc5ccccc5cc43)c3oc4c5ccccc5ccc4c3c2)=N\C(c2cccc3oc4ccccc4c23)=N/C1c1cccc2ccccc12. The van der Waals surface area contributed by atoms with Crippen LogP contribution in [0.5, 0.6) is 0 Å². The molecule has 5 heteroatoms. The Bertz CT molecular complexity index is 4210. The zero-order chi connectivity index (χ0) is 43.5. The maximum Gasteiger partial charge on any atom is 0.159 e. The summed E-state index contributed by atoms with van der Waals surface area (Å²) in [4.78, 5) is 11.6. The third-order valence-electron chi connectivity index (χ3n) is 14.2. The van der Waals surface area contributed by atoms with Crippen LogP contribution in [0.15, 0.2) is 213 Å². The summed E-state index contributed by atoms with van der Waals surface area (Å²) in [6.45, 7) is 2.36. The number of fused-ring (bicyclic) bond motifs is 13. The van der Waals surface area contributed by atoms with Gasteiger partial charge in [-0.15, -0.1) is 0 Å². The molecular formula is C61H41N3O2. The van der Waals surface area contributed by atoms with E-state index >= 15 is 0 Å². The molecule has 0 saturated heterocycles. The van der Waals surface area contributed by atoms with Crippen LogP contribution < -0.4 is 0 Å². The molecule has 4 heterocycles. The van der Waals surface area contributed by atoms with E-state index in [-0.39, 0.29) is 12.0 Å². The van der Waals surface area contributed by atoms with Gasteiger partial charge in [-0.2, -0.15) is 0 Å². The number of benzene rings is 10. The summed E-state index contributed by atoms with van der Waals surface area (Å²) >= 11 is 0. The first kappa shape index (κ1) is 37.1. The number of para-hydroxylation sites is 2. The summed E-state index contributed by atoms with van der Waals surface area (Å²) < 4.78 is 16.1. The van der Waals surface area contributed by atoms with Crippen LogP contribution in [0.4, 0.5) is 0 Å². The van der Waals surface area contributed by atoms with Gasteiger partial charge in [-0.1, -0.05) is 153 Å². The van der Waals surface area contributed by atoms with Gasteiger partial charge < -0.3 is 13.4 Å². The molecule has 66 heavy (non-hydrogen) atoms. The maximum absolute atomic E-state index is 7.18. The lowest BCUT2D eigenvalue weighted by atomic mass is 9.86. The fraction of sp³-hybridized carbons (Fsp3) is 0.0820. The molecular weight excluding hydrogens is 807 g/mol. The number of hydrogen-bond donors (Lipinski definition) is 0. The lowest BCUT2D eigenvalue weighted by molar-refractivity contribution is 0.448. The summed E-state index contributed by atoms with van der Waals surface area (Å²) in [6, 6.07) is 69.5. The summed E-state index contributed by atoms with van der Waals surface area (Å²) in [5.41, 5.74) is 10.9. The molecule has 14 rings (SSSR count). The second-order valence-electron chi connectivity index (χ2n) is 18.0. The monoisotopic (exact) mass is 847 g/mol. The normalized spacial score (nSPS) is 17.6. The Balaban J connectivity index is 1.08. The van der Waals surface area contributed by atoms with Crippen molar-refractivity contribution in [2.24, 2.45) is 15.9 Å². The maximum atomic E-state index is 7.18. The van der Waals surface area contributed by atoms with Crippen molar-refractivity contribution in [2.45, 2.75) is 25.8 Å². The quantitative estimate of drug-likeness (QED) is 0.177. The molecule has 0 bridgehead atoms. The smallest absolute Gasteiger partial charge is 0.159 e. The first-order valence-electron chi connectivity index (χ1n) is 23.0. The fourth-order valence-electron chi connectivity index (χ4n) is 11.0. The van der Waals surface area contributed by atoms with Crippen LogP contribution in [0.1, 0.15) is 42.5 Å². The number of amidine groups is 1. The topological polar surface area (TPSA) is 55.9 Å². The molecule has 0 saturated carbocycles. The van der Waals surface area contributed by atoms with E-state index in [0.29, 0.717) is 5.84 Å². The summed E-state index contributed by atoms with van der Waals surface area (Å²) in [5, 5.41) is 13.7. The molecule has 0 aliphatic carbocycles. The van der Waals surface area contributed by atoms with Crippen LogP contribution in [-0.4, -0.2) is 16.1 Å². The predicted octanol–water partition coefficient (Wildman–Crippen LogP) is 16.4. The molecule has 0 fully saturated rings. The molecule has 3 aromatic heterocycles. The number of furan rings is 2. The minimum Gasteiger partial charge on any atom is -0.456 e. The van der Waals surface area contributed by atoms with Crippen molar-refractivity contribution >= 4 is 110 Å². The molecule has 0 amide bonds. The number of nitrogens with zero attached hydrogens (tertiary/aromatic N) is 3. The third-order valence-corrected chi connectivity index (χ3v) is 14.2. The number of rotatable bonds is 4. The van der Waals surface area contributed by atoms with Gasteiger partial charge in [0.15, 0.2) is 11.4 Å². The molecule has 312 valence electrons. The van der Waals surface area contributed by atoms with E-state index in [4.69, 9.17) is 18.8 Å². The lowest BCUT2D eigenvalue weighted by Crippen LogP contribution is -2.18. The fourth-order valence-corrected chi connectivity index (χ4v) is 11.0. The third kappa shape index (κ3) is 5.59. The molecule has 13 aromatic rings. The van der Waals surface area contributed by atoms with E-state index in [1.165, 1.54) is 37.9 Å². The summed E-state index contributed by atoms with van der Waals surface area (Å²) in [6.07, 6.45) is 1.65. The van der Waals surface area contributed by atoms with Crippen molar-refractivity contribution in [3.63, 3.8) is 0 Å². The highest BCUT2D eigenvalue weighted by atomic mass is 16.3. The van der Waals surface area contributed by atoms with E-state index in [2.05, 4.69) is 193 Å². The molecule has 10 aromatic carbocycles. The van der Waals surface area contributed by atoms with Crippen molar-refractivity contribution < 1.29 is 8.83 Å². The van der Waals surface area contributed by atoms with Gasteiger partial charge in [-0.25, -0.2) is 4.99 Å². The van der Waals surface area contributed by atoms with E-state index in [1.54, 1.807) is 0 Å². The first-order chi connectivity index (χ1) is 32.6. The average Bonchev–Trinajstić information content (AvgIpc) is 4.04. The van der Waals surface area contributed by atoms with E-state index < -0.39 is 0 Å². The predicted molar refractivity (Wildman–Crippen MR) is 275 cm³/mol. The van der Waals surface area contributed by atoms with Crippen molar-refractivity contribution in [3.8, 4) is 5.69 Å².